The maximum Gasteiger partial charge on any atom is 0.433 e. The van der Waals surface area contributed by atoms with Gasteiger partial charge in [-0.05, 0) is 37.9 Å². The first kappa shape index (κ1) is 11.7. The van der Waals surface area contributed by atoms with Crippen molar-refractivity contribution in [3.05, 3.63) is 28.0 Å². The lowest BCUT2D eigenvalue weighted by molar-refractivity contribution is -0.402. The second-order valence-corrected chi connectivity index (χ2v) is 5.12. The summed E-state index contributed by atoms with van der Waals surface area (Å²) in [7, 11) is 0. The minimum Gasteiger partial charge on any atom is -0.404 e. The highest BCUT2D eigenvalue weighted by molar-refractivity contribution is 5.17. The topological polar surface area (TPSA) is 71.6 Å². The average Bonchev–Trinajstić information content (AvgIpc) is 2.87. The monoisotopic (exact) mass is 251 g/mol. The van der Waals surface area contributed by atoms with Crippen LogP contribution in [0.5, 0.6) is 0 Å². The highest BCUT2D eigenvalue weighted by Crippen LogP contribution is 2.27. The lowest BCUT2D eigenvalue weighted by Gasteiger charge is -2.45. The van der Waals surface area contributed by atoms with Crippen molar-refractivity contribution in [2.75, 3.05) is 19.6 Å². The fourth-order valence-corrected chi connectivity index (χ4v) is 2.99. The summed E-state index contributed by atoms with van der Waals surface area (Å²) < 4.78 is 5.14. The van der Waals surface area contributed by atoms with Gasteiger partial charge in [-0.3, -0.25) is 10.1 Å². The standard InChI is InChI=1S/C12H17N3O3/c16-15(17)12-2-1-10(18-12)7-13-11-8-14-5-3-9(11)4-6-14/h1-2,9,11,13H,3-8H2. The normalized spacial score (nSPS) is 30.6. The highest BCUT2D eigenvalue weighted by atomic mass is 16.6. The molecule has 6 heteroatoms. The van der Waals surface area contributed by atoms with E-state index >= 15 is 0 Å². The second-order valence-electron chi connectivity index (χ2n) is 5.12. The lowest BCUT2D eigenvalue weighted by atomic mass is 9.84. The zero-order valence-electron chi connectivity index (χ0n) is 10.2. The van der Waals surface area contributed by atoms with Crippen molar-refractivity contribution in [3.8, 4) is 0 Å². The third-order valence-electron chi connectivity index (χ3n) is 4.02. The summed E-state index contributed by atoms with van der Waals surface area (Å²) in [5, 5.41) is 14.0. The number of hydrogen-bond acceptors (Lipinski definition) is 5. The molecule has 3 aliphatic heterocycles. The Balaban J connectivity index is 1.56. The van der Waals surface area contributed by atoms with E-state index < -0.39 is 4.92 Å². The Bertz CT molecular complexity index is 438. The molecule has 1 aromatic rings. The number of nitro groups is 1. The van der Waals surface area contributed by atoms with E-state index in [4.69, 9.17) is 4.42 Å². The number of nitrogens with one attached hydrogen (secondary N) is 1. The Labute approximate surface area is 105 Å². The molecule has 3 saturated heterocycles. The van der Waals surface area contributed by atoms with Gasteiger partial charge < -0.3 is 14.6 Å². The van der Waals surface area contributed by atoms with Crippen LogP contribution < -0.4 is 5.32 Å². The SMILES string of the molecule is O=[N+]([O-])c1ccc(CNC2CN3CCC2CC3)o1. The molecule has 4 heterocycles. The minimum atomic E-state index is -0.502. The van der Waals surface area contributed by atoms with Gasteiger partial charge >= 0.3 is 5.88 Å². The first-order valence-electron chi connectivity index (χ1n) is 6.41. The van der Waals surface area contributed by atoms with Gasteiger partial charge in [-0.1, -0.05) is 0 Å². The Kier molecular flexibility index (Phi) is 3.05. The molecular weight excluding hydrogens is 234 g/mol. The van der Waals surface area contributed by atoms with Crippen molar-refractivity contribution in [1.29, 1.82) is 0 Å². The number of fused-ring (bicyclic) bond motifs is 3. The van der Waals surface area contributed by atoms with E-state index in [0.717, 1.165) is 12.5 Å². The average molecular weight is 251 g/mol. The van der Waals surface area contributed by atoms with Crippen LogP contribution in [0.15, 0.2) is 16.5 Å². The zero-order chi connectivity index (χ0) is 12.5. The lowest BCUT2D eigenvalue weighted by Crippen LogP contribution is -2.55. The molecule has 3 aliphatic rings. The van der Waals surface area contributed by atoms with Gasteiger partial charge in [0.1, 0.15) is 10.7 Å². The van der Waals surface area contributed by atoms with Gasteiger partial charge in [-0.25, -0.2) is 0 Å². The second kappa shape index (κ2) is 4.70. The van der Waals surface area contributed by atoms with Gasteiger partial charge in [0.15, 0.2) is 0 Å². The van der Waals surface area contributed by atoms with E-state index in [1.54, 1.807) is 6.07 Å². The summed E-state index contributed by atoms with van der Waals surface area (Å²) in [5.74, 6) is 1.21. The van der Waals surface area contributed by atoms with E-state index in [0.29, 0.717) is 18.3 Å². The number of nitrogens with zero attached hydrogens (tertiary/aromatic N) is 2. The van der Waals surface area contributed by atoms with Crippen LogP contribution in [-0.4, -0.2) is 35.5 Å². The fourth-order valence-electron chi connectivity index (χ4n) is 2.99. The Morgan fingerprint density at radius 3 is 2.78 bits per heavy atom. The summed E-state index contributed by atoms with van der Waals surface area (Å²) >= 11 is 0. The Hall–Kier alpha value is -1.40. The molecule has 1 unspecified atom stereocenters. The molecule has 0 aliphatic carbocycles. The molecule has 0 radical (unpaired) electrons. The van der Waals surface area contributed by atoms with Crippen LogP contribution in [0.4, 0.5) is 5.88 Å². The van der Waals surface area contributed by atoms with Crippen LogP contribution in [0.2, 0.25) is 0 Å². The summed E-state index contributed by atoms with van der Waals surface area (Å²) in [4.78, 5) is 12.5. The molecule has 98 valence electrons. The van der Waals surface area contributed by atoms with Gasteiger partial charge in [0, 0.05) is 12.6 Å². The predicted octanol–water partition coefficient (Wildman–Crippen LogP) is 1.37. The molecule has 1 aromatic heterocycles. The number of hydrogen-bond donors (Lipinski definition) is 1. The van der Waals surface area contributed by atoms with Crippen molar-refractivity contribution in [1.82, 2.24) is 10.2 Å². The van der Waals surface area contributed by atoms with Crippen LogP contribution in [0, 0.1) is 16.0 Å². The molecule has 3 fully saturated rings. The number of piperidine rings is 3. The highest BCUT2D eigenvalue weighted by Gasteiger charge is 2.33. The van der Waals surface area contributed by atoms with E-state index in [1.165, 1.54) is 32.0 Å². The van der Waals surface area contributed by atoms with Gasteiger partial charge in [0.2, 0.25) is 0 Å². The first-order chi connectivity index (χ1) is 8.72. The van der Waals surface area contributed by atoms with E-state index in [1.807, 2.05) is 0 Å². The molecule has 6 nitrogen and oxygen atoms in total. The molecule has 4 rings (SSSR count). The fraction of sp³-hybridized carbons (Fsp3) is 0.667. The maximum atomic E-state index is 10.5. The van der Waals surface area contributed by atoms with E-state index in [9.17, 15) is 10.1 Å². The van der Waals surface area contributed by atoms with Crippen molar-refractivity contribution in [2.24, 2.45) is 5.92 Å². The van der Waals surface area contributed by atoms with Gasteiger partial charge in [0.05, 0.1) is 12.6 Å². The van der Waals surface area contributed by atoms with Crippen LogP contribution in [-0.2, 0) is 6.54 Å². The summed E-state index contributed by atoms with van der Waals surface area (Å²) in [6, 6.07) is 3.58. The van der Waals surface area contributed by atoms with Crippen molar-refractivity contribution < 1.29 is 9.34 Å². The van der Waals surface area contributed by atoms with Crippen LogP contribution >= 0.6 is 0 Å². The summed E-state index contributed by atoms with van der Waals surface area (Å²) in [5.41, 5.74) is 0. The van der Waals surface area contributed by atoms with E-state index in [-0.39, 0.29) is 5.88 Å². The molecular formula is C12H17N3O3. The third-order valence-corrected chi connectivity index (χ3v) is 4.02. The largest absolute Gasteiger partial charge is 0.433 e. The third kappa shape index (κ3) is 2.26. The predicted molar refractivity (Wildman–Crippen MR) is 65.2 cm³/mol. The van der Waals surface area contributed by atoms with Crippen LogP contribution in [0.1, 0.15) is 18.6 Å². The smallest absolute Gasteiger partial charge is 0.404 e. The van der Waals surface area contributed by atoms with Crippen molar-refractivity contribution in [3.63, 3.8) is 0 Å². The Morgan fingerprint density at radius 1 is 1.44 bits per heavy atom. The molecule has 1 atom stereocenters. The number of furan rings is 1. The van der Waals surface area contributed by atoms with Crippen molar-refractivity contribution in [2.45, 2.75) is 25.4 Å². The first-order valence-corrected chi connectivity index (χ1v) is 6.41. The summed E-state index contributed by atoms with van der Waals surface area (Å²) in [6.45, 7) is 4.10. The Morgan fingerprint density at radius 2 is 2.22 bits per heavy atom. The van der Waals surface area contributed by atoms with Crippen LogP contribution in [0.25, 0.3) is 0 Å². The molecule has 0 saturated carbocycles. The molecule has 0 spiro atoms. The van der Waals surface area contributed by atoms with Crippen molar-refractivity contribution >= 4 is 5.88 Å². The summed E-state index contributed by atoms with van der Waals surface area (Å²) in [6.07, 6.45) is 2.52. The maximum absolute atomic E-state index is 10.5. The molecule has 18 heavy (non-hydrogen) atoms. The van der Waals surface area contributed by atoms with Gasteiger partial charge in [0.25, 0.3) is 0 Å². The van der Waals surface area contributed by atoms with Crippen LogP contribution in [0.3, 0.4) is 0 Å². The molecule has 0 amide bonds. The minimum absolute atomic E-state index is 0.180. The van der Waals surface area contributed by atoms with E-state index in [2.05, 4.69) is 10.2 Å². The quantitative estimate of drug-likeness (QED) is 0.646. The molecule has 0 aromatic carbocycles. The molecule has 1 N–H and O–H groups in total. The van der Waals surface area contributed by atoms with Gasteiger partial charge in [-0.2, -0.15) is 0 Å². The molecule has 2 bridgehead atoms. The van der Waals surface area contributed by atoms with Gasteiger partial charge in [-0.15, -0.1) is 0 Å². The number of rotatable bonds is 4. The zero-order valence-corrected chi connectivity index (χ0v) is 10.2.